The van der Waals surface area contributed by atoms with Crippen LogP contribution in [0.3, 0.4) is 0 Å². The van der Waals surface area contributed by atoms with Crippen LogP contribution in [0, 0.1) is 20.8 Å². The number of carboxylic acid groups (broad SMARTS) is 1. The molecule has 0 fully saturated rings. The number of carbonyl (C=O) groups is 1. The van der Waals surface area contributed by atoms with Gasteiger partial charge in [0.05, 0.1) is 6.54 Å². The largest absolute Gasteiger partial charge is 0.480 e. The van der Waals surface area contributed by atoms with Crippen molar-refractivity contribution in [1.29, 1.82) is 0 Å². The molecule has 5 nitrogen and oxygen atoms in total. The number of nitrogens with zero attached hydrogens (tertiary/aromatic N) is 2. The summed E-state index contributed by atoms with van der Waals surface area (Å²) in [4.78, 5) is 20.9. The molecule has 21 heavy (non-hydrogen) atoms. The lowest BCUT2D eigenvalue weighted by atomic mass is 9.98. The van der Waals surface area contributed by atoms with Crippen LogP contribution in [0.2, 0.25) is 0 Å². The Hall–Kier alpha value is -2.14. The molecule has 112 valence electrons. The van der Waals surface area contributed by atoms with Gasteiger partial charge in [0.1, 0.15) is 11.9 Å². The lowest BCUT2D eigenvalue weighted by Crippen LogP contribution is -2.31. The molecular formula is C16H21N3O2. The first-order valence-corrected chi connectivity index (χ1v) is 6.89. The van der Waals surface area contributed by atoms with Gasteiger partial charge in [-0.2, -0.15) is 0 Å². The second-order valence-electron chi connectivity index (χ2n) is 5.53. The minimum Gasteiger partial charge on any atom is -0.480 e. The number of aliphatic carboxylic acids is 1. The van der Waals surface area contributed by atoms with Crippen LogP contribution in [0.15, 0.2) is 24.4 Å². The highest BCUT2D eigenvalue weighted by Gasteiger charge is 2.26. The molecule has 1 heterocycles. The number of aromatic nitrogens is 2. The first-order valence-electron chi connectivity index (χ1n) is 6.89. The fraction of sp³-hybridized carbons (Fsp3) is 0.375. The van der Waals surface area contributed by atoms with E-state index in [1.165, 1.54) is 0 Å². The Labute approximate surface area is 124 Å². The van der Waals surface area contributed by atoms with E-state index >= 15 is 0 Å². The molecule has 0 aliphatic carbocycles. The second kappa shape index (κ2) is 6.10. The summed E-state index contributed by atoms with van der Waals surface area (Å²) in [5.74, 6) is -0.0824. The number of hydrogen-bond acceptors (Lipinski definition) is 3. The number of aromatic amines is 1. The highest BCUT2D eigenvalue weighted by atomic mass is 16.4. The molecule has 2 rings (SSSR count). The molecule has 0 saturated carbocycles. The third-order valence-corrected chi connectivity index (χ3v) is 3.56. The van der Waals surface area contributed by atoms with Gasteiger partial charge in [0.15, 0.2) is 0 Å². The van der Waals surface area contributed by atoms with Crippen LogP contribution in [0.4, 0.5) is 0 Å². The standard InChI is InChI=1S/C16H21N3O2/c1-10-5-6-11(2)13(7-10)15(16(20)21)19(4)9-14-17-8-12(3)18-14/h5-8,15H,9H2,1-4H3,(H,17,18)(H,20,21). The molecule has 0 amide bonds. The van der Waals surface area contributed by atoms with Crippen LogP contribution in [-0.2, 0) is 11.3 Å². The van der Waals surface area contributed by atoms with Gasteiger partial charge in [-0.1, -0.05) is 23.8 Å². The molecule has 2 N–H and O–H groups in total. The average molecular weight is 287 g/mol. The second-order valence-corrected chi connectivity index (χ2v) is 5.53. The van der Waals surface area contributed by atoms with E-state index in [-0.39, 0.29) is 0 Å². The van der Waals surface area contributed by atoms with Crippen LogP contribution in [0.5, 0.6) is 0 Å². The summed E-state index contributed by atoms with van der Waals surface area (Å²) >= 11 is 0. The maximum absolute atomic E-state index is 11.7. The number of imidazole rings is 1. The monoisotopic (exact) mass is 287 g/mol. The molecule has 1 aromatic carbocycles. The Morgan fingerprint density at radius 2 is 2.10 bits per heavy atom. The third kappa shape index (κ3) is 3.49. The van der Waals surface area contributed by atoms with E-state index in [9.17, 15) is 9.90 Å². The van der Waals surface area contributed by atoms with E-state index in [1.54, 1.807) is 18.1 Å². The van der Waals surface area contributed by atoms with Gasteiger partial charge in [0.2, 0.25) is 0 Å². The average Bonchev–Trinajstić information content (AvgIpc) is 2.79. The number of hydrogen-bond donors (Lipinski definition) is 2. The van der Waals surface area contributed by atoms with Gasteiger partial charge in [-0.25, -0.2) is 4.98 Å². The summed E-state index contributed by atoms with van der Waals surface area (Å²) < 4.78 is 0. The molecule has 1 aromatic heterocycles. The fourth-order valence-corrected chi connectivity index (χ4v) is 2.49. The van der Waals surface area contributed by atoms with Crippen molar-refractivity contribution in [3.05, 3.63) is 52.6 Å². The van der Waals surface area contributed by atoms with Gasteiger partial charge in [-0.05, 0) is 38.9 Å². The predicted molar refractivity (Wildman–Crippen MR) is 81.1 cm³/mol. The Kier molecular flexibility index (Phi) is 4.43. The Morgan fingerprint density at radius 1 is 1.38 bits per heavy atom. The van der Waals surface area contributed by atoms with Gasteiger partial charge in [0.25, 0.3) is 0 Å². The Morgan fingerprint density at radius 3 is 2.67 bits per heavy atom. The quantitative estimate of drug-likeness (QED) is 0.887. The Balaban J connectivity index is 2.30. The van der Waals surface area contributed by atoms with E-state index in [0.717, 1.165) is 28.2 Å². The number of carboxylic acids is 1. The van der Waals surface area contributed by atoms with Crippen LogP contribution in [0.1, 0.15) is 34.3 Å². The van der Waals surface area contributed by atoms with E-state index in [2.05, 4.69) is 9.97 Å². The van der Waals surface area contributed by atoms with Gasteiger partial charge >= 0.3 is 5.97 Å². The molecule has 0 aliphatic rings. The number of likely N-dealkylation sites (N-methyl/N-ethyl adjacent to an activating group) is 1. The SMILES string of the molecule is Cc1ccc(C)c(C(C(=O)O)N(C)Cc2ncc(C)[nH]2)c1. The lowest BCUT2D eigenvalue weighted by molar-refractivity contribution is -0.143. The summed E-state index contributed by atoms with van der Waals surface area (Å²) in [6.45, 7) is 6.29. The fourth-order valence-electron chi connectivity index (χ4n) is 2.49. The summed E-state index contributed by atoms with van der Waals surface area (Å²) in [5.41, 5.74) is 3.84. The number of aryl methyl sites for hydroxylation is 3. The first kappa shape index (κ1) is 15.3. The summed E-state index contributed by atoms with van der Waals surface area (Å²) in [5, 5.41) is 9.62. The maximum atomic E-state index is 11.7. The number of nitrogens with one attached hydrogen (secondary N) is 1. The normalized spacial score (nSPS) is 12.6. The van der Waals surface area contributed by atoms with Crippen LogP contribution < -0.4 is 0 Å². The van der Waals surface area contributed by atoms with Crippen LogP contribution in [0.25, 0.3) is 0 Å². The maximum Gasteiger partial charge on any atom is 0.325 e. The van der Waals surface area contributed by atoms with Crippen molar-refractivity contribution in [2.24, 2.45) is 0 Å². The van der Waals surface area contributed by atoms with Gasteiger partial charge in [-0.3, -0.25) is 9.69 Å². The summed E-state index contributed by atoms with van der Waals surface area (Å²) in [7, 11) is 1.80. The smallest absolute Gasteiger partial charge is 0.325 e. The topological polar surface area (TPSA) is 69.2 Å². The molecule has 2 aromatic rings. The van der Waals surface area contributed by atoms with Crippen molar-refractivity contribution in [2.75, 3.05) is 7.05 Å². The summed E-state index contributed by atoms with van der Waals surface area (Å²) in [6.07, 6.45) is 1.75. The highest BCUT2D eigenvalue weighted by Crippen LogP contribution is 2.25. The van der Waals surface area contributed by atoms with Crippen molar-refractivity contribution < 1.29 is 9.90 Å². The molecule has 0 radical (unpaired) electrons. The molecule has 5 heteroatoms. The van der Waals surface area contributed by atoms with Crippen molar-refractivity contribution in [1.82, 2.24) is 14.9 Å². The molecule has 1 unspecified atom stereocenters. The van der Waals surface area contributed by atoms with Gasteiger partial charge < -0.3 is 10.1 Å². The number of rotatable bonds is 5. The molecule has 0 spiro atoms. The van der Waals surface area contributed by atoms with E-state index in [4.69, 9.17) is 0 Å². The van der Waals surface area contributed by atoms with Crippen molar-refractivity contribution in [3.8, 4) is 0 Å². The van der Waals surface area contributed by atoms with Gasteiger partial charge in [0, 0.05) is 11.9 Å². The zero-order chi connectivity index (χ0) is 15.6. The van der Waals surface area contributed by atoms with Crippen molar-refractivity contribution >= 4 is 5.97 Å². The molecular weight excluding hydrogens is 266 g/mol. The van der Waals surface area contributed by atoms with Crippen molar-refractivity contribution in [3.63, 3.8) is 0 Å². The van der Waals surface area contributed by atoms with Crippen LogP contribution in [-0.4, -0.2) is 33.0 Å². The molecule has 0 bridgehead atoms. The van der Waals surface area contributed by atoms with Crippen LogP contribution >= 0.6 is 0 Å². The van der Waals surface area contributed by atoms with E-state index in [0.29, 0.717) is 6.54 Å². The lowest BCUT2D eigenvalue weighted by Gasteiger charge is -2.25. The molecule has 1 atom stereocenters. The first-order chi connectivity index (χ1) is 9.88. The Bertz CT molecular complexity index is 649. The van der Waals surface area contributed by atoms with Gasteiger partial charge in [-0.15, -0.1) is 0 Å². The zero-order valence-electron chi connectivity index (χ0n) is 12.8. The molecule has 0 saturated heterocycles. The third-order valence-electron chi connectivity index (χ3n) is 3.56. The number of benzene rings is 1. The minimum absolute atomic E-state index is 0.457. The summed E-state index contributed by atoms with van der Waals surface area (Å²) in [6, 6.07) is 5.22. The van der Waals surface area contributed by atoms with E-state index < -0.39 is 12.0 Å². The zero-order valence-corrected chi connectivity index (χ0v) is 12.8. The minimum atomic E-state index is -0.852. The number of H-pyrrole nitrogens is 1. The predicted octanol–water partition coefficient (Wildman–Crippen LogP) is 2.59. The molecule has 0 aliphatic heterocycles. The van der Waals surface area contributed by atoms with E-state index in [1.807, 2.05) is 39.0 Å². The highest BCUT2D eigenvalue weighted by molar-refractivity contribution is 5.76. The van der Waals surface area contributed by atoms with Crippen molar-refractivity contribution in [2.45, 2.75) is 33.4 Å².